The van der Waals surface area contributed by atoms with E-state index < -0.39 is 185 Å². The normalized spacial score (nSPS) is 17.5. The Bertz CT molecular complexity index is 3580. The number of primary amides is 1. The first kappa shape index (κ1) is 96.1. The van der Waals surface area contributed by atoms with E-state index in [1.807, 2.05) is 0 Å². The van der Waals surface area contributed by atoms with Gasteiger partial charge in [0.05, 0.1) is 12.1 Å². The zero-order valence-electron chi connectivity index (χ0n) is 67.1. The Hall–Kier alpha value is -10.3. The van der Waals surface area contributed by atoms with E-state index >= 15 is 4.79 Å². The number of guanidine groups is 1. The van der Waals surface area contributed by atoms with Crippen molar-refractivity contribution in [1.82, 2.24) is 63.0 Å². The van der Waals surface area contributed by atoms with Crippen LogP contribution in [0.15, 0.2) is 53.5 Å². The number of aliphatic hydroxyl groups is 1. The minimum absolute atomic E-state index is 0.00242. The molecule has 2 aliphatic rings. The number of nitrogens with one attached hydrogen (secondary N) is 10. The largest absolute Gasteiger partial charge is 0.508 e. The van der Waals surface area contributed by atoms with E-state index in [0.29, 0.717) is 49.7 Å². The molecule has 2 heterocycles. The Balaban J connectivity index is 1.59. The van der Waals surface area contributed by atoms with Crippen LogP contribution in [0, 0.1) is 23.7 Å². The highest BCUT2D eigenvalue weighted by Crippen LogP contribution is 2.25. The van der Waals surface area contributed by atoms with Gasteiger partial charge in [0.2, 0.25) is 76.8 Å². The summed E-state index contributed by atoms with van der Waals surface area (Å²) in [5.74, 6) is -14.4. The number of carbonyl (C=O) groups excluding carboxylic acids is 13. The van der Waals surface area contributed by atoms with Gasteiger partial charge in [-0.25, -0.2) is 4.79 Å². The Kier molecular flexibility index (Phi) is 40.5. The number of hydrogen-bond donors (Lipinski definition) is 20. The molecule has 13 amide bonds. The number of phenols is 2. The van der Waals surface area contributed by atoms with Crippen molar-refractivity contribution >= 4 is 88.7 Å². The van der Waals surface area contributed by atoms with Crippen LogP contribution < -0.4 is 87.6 Å². The van der Waals surface area contributed by atoms with Gasteiger partial charge in [-0.15, -0.1) is 0 Å². The first-order valence-corrected chi connectivity index (χ1v) is 39.4. The summed E-state index contributed by atoms with van der Waals surface area (Å²) in [5, 5.41) is 68.1. The van der Waals surface area contributed by atoms with Crippen LogP contribution in [0.25, 0.3) is 0 Å². The highest BCUT2D eigenvalue weighted by atomic mass is 16.4. The summed E-state index contributed by atoms with van der Waals surface area (Å²) in [5.41, 5.74) is 35.0. The van der Waals surface area contributed by atoms with Crippen LogP contribution in [-0.2, 0) is 80.0 Å². The quantitative estimate of drug-likeness (QED) is 0.0185. The number of carboxylic acids is 1. The van der Waals surface area contributed by atoms with Crippen molar-refractivity contribution < 1.29 is 87.5 Å². The molecule has 2 aliphatic heterocycles. The van der Waals surface area contributed by atoms with Crippen molar-refractivity contribution in [2.75, 3.05) is 32.7 Å². The van der Waals surface area contributed by atoms with Gasteiger partial charge >= 0.3 is 5.97 Å². The van der Waals surface area contributed by atoms with Crippen LogP contribution in [0.1, 0.15) is 176 Å². The number of amides is 13. The first-order valence-electron chi connectivity index (χ1n) is 39.4. The smallest absolute Gasteiger partial charge is 0.326 e. The predicted octanol–water partition coefficient (Wildman–Crippen LogP) is -2.51. The third-order valence-electron chi connectivity index (χ3n) is 20.1. The Morgan fingerprint density at radius 2 is 0.851 bits per heavy atom. The van der Waals surface area contributed by atoms with Gasteiger partial charge in [0.15, 0.2) is 5.96 Å². The summed E-state index contributed by atoms with van der Waals surface area (Å²) in [6.07, 6.45) is 0.626. The average Bonchev–Trinajstić information content (AvgIpc) is 1.62. The van der Waals surface area contributed by atoms with E-state index in [9.17, 15) is 82.8 Å². The number of likely N-dealkylation sites (tertiary alicyclic amines) is 2. The van der Waals surface area contributed by atoms with Gasteiger partial charge in [0.25, 0.3) is 0 Å². The van der Waals surface area contributed by atoms with Crippen molar-refractivity contribution in [2.45, 2.75) is 263 Å². The van der Waals surface area contributed by atoms with E-state index in [-0.39, 0.29) is 133 Å². The number of phenolic OH excluding ortho intramolecular Hbond substituents is 2. The van der Waals surface area contributed by atoms with Crippen molar-refractivity contribution in [2.24, 2.45) is 63.1 Å². The number of aliphatic carboxylic acids is 1. The molecule has 4 rings (SSSR count). The van der Waals surface area contributed by atoms with Gasteiger partial charge < -0.3 is 118 Å². The fraction of sp³-hybridized carbons (Fsp3) is 0.649. The monoisotopic (exact) mass is 1600 g/mol. The van der Waals surface area contributed by atoms with Crippen LogP contribution in [0.5, 0.6) is 11.5 Å². The maximum atomic E-state index is 15.1. The molecular weight excluding hydrogens is 1480 g/mol. The number of carboxylic acid groups (broad SMARTS) is 1. The Morgan fingerprint density at radius 3 is 1.28 bits per heavy atom. The molecule has 15 atom stereocenters. The number of carbonyl (C=O) groups is 14. The molecule has 0 spiro atoms. The third kappa shape index (κ3) is 31.3. The van der Waals surface area contributed by atoms with E-state index in [4.69, 9.17) is 34.4 Å². The average molecular weight is 1600 g/mol. The van der Waals surface area contributed by atoms with Crippen molar-refractivity contribution in [3.63, 3.8) is 0 Å². The molecule has 0 bridgehead atoms. The Labute approximate surface area is 666 Å². The van der Waals surface area contributed by atoms with Gasteiger partial charge in [-0.05, 0) is 169 Å². The third-order valence-corrected chi connectivity index (χ3v) is 20.1. The predicted molar refractivity (Wildman–Crippen MR) is 422 cm³/mol. The first-order chi connectivity index (χ1) is 53.8. The molecular formula is C77H125N19O18. The Morgan fingerprint density at radius 1 is 0.474 bits per heavy atom. The highest BCUT2D eigenvalue weighted by molar-refractivity contribution is 6.00. The second-order valence-electron chi connectivity index (χ2n) is 30.6. The molecule has 37 heteroatoms. The molecule has 0 radical (unpaired) electrons. The summed E-state index contributed by atoms with van der Waals surface area (Å²) in [7, 11) is 0. The van der Waals surface area contributed by atoms with Crippen molar-refractivity contribution in [1.29, 1.82) is 0 Å². The van der Waals surface area contributed by atoms with Crippen LogP contribution in [0.3, 0.4) is 0 Å². The van der Waals surface area contributed by atoms with E-state index in [1.165, 1.54) is 65.3 Å². The van der Waals surface area contributed by atoms with E-state index in [1.54, 1.807) is 55.4 Å². The van der Waals surface area contributed by atoms with Gasteiger partial charge in [0, 0.05) is 38.9 Å². The molecule has 2 aromatic carbocycles. The summed E-state index contributed by atoms with van der Waals surface area (Å²) in [6.45, 7) is 15.4. The van der Waals surface area contributed by atoms with Crippen LogP contribution >= 0.6 is 0 Å². The molecule has 2 aromatic rings. The minimum Gasteiger partial charge on any atom is -0.508 e. The lowest BCUT2D eigenvalue weighted by molar-refractivity contribution is -0.144. The van der Waals surface area contributed by atoms with Crippen LogP contribution in [0.2, 0.25) is 0 Å². The molecule has 37 nitrogen and oxygen atoms in total. The number of aliphatic imine (C=N–C) groups is 1. The van der Waals surface area contributed by atoms with Crippen molar-refractivity contribution in [3.05, 3.63) is 59.7 Å². The summed E-state index contributed by atoms with van der Waals surface area (Å²) in [6, 6.07) is -6.13. The SMILES string of the molecule is CC[C@H](C)[C@H](NC(=O)[C@@H](NC(=O)[C@H](CCCCN)NC(=O)[C@@H](NC(=O)[C@H](CCCCN)NC(=O)[C@@H]1CCCN1C(=O)[C@@H](N)CCC(N)=O)[C@@H](C)O)C(C)C)C(=O)N1CCC[C@H]1C(=O)N[C@@H](Cc1ccc(O)cc1)C(=O)N[C@H](C(=O)N[C@@H](CCCN=C(N)N)C(=O)N[C@@H](Cc1ccc(O)cc1)C(=O)N[C@@H](CC(C)C)C(=O)O)C(C)C. The molecule has 2 fully saturated rings. The maximum Gasteiger partial charge on any atom is 0.326 e. The summed E-state index contributed by atoms with van der Waals surface area (Å²) < 4.78 is 0. The summed E-state index contributed by atoms with van der Waals surface area (Å²) in [4.78, 5) is 204. The number of hydrogen-bond acceptors (Lipinski definition) is 21. The van der Waals surface area contributed by atoms with Gasteiger partial charge in [-0.1, -0.05) is 86.1 Å². The van der Waals surface area contributed by atoms with Crippen molar-refractivity contribution in [3.8, 4) is 11.5 Å². The second kappa shape index (κ2) is 48.1. The summed E-state index contributed by atoms with van der Waals surface area (Å²) >= 11 is 0. The number of unbranched alkanes of at least 4 members (excludes halogenated alkanes) is 2. The molecule has 636 valence electrons. The second-order valence-corrected chi connectivity index (χ2v) is 30.6. The van der Waals surface area contributed by atoms with Gasteiger partial charge in [-0.3, -0.25) is 67.3 Å². The number of rotatable bonds is 49. The van der Waals surface area contributed by atoms with Gasteiger partial charge in [0.1, 0.15) is 84.0 Å². The number of benzene rings is 2. The van der Waals surface area contributed by atoms with Crippen LogP contribution in [-0.4, -0.2) is 236 Å². The standard InChI is InChI=1S/C77H125N19O18/c1-10-44(8)62(93-72(109)61(43(6)7)91-65(102)52(19-12-14-34-79)87-73(110)63(45(9)97)94-66(103)51(18-11-13-33-78)85-69(106)57-21-16-36-95(57)74(111)50(80)31-32-59(81)100)75(112)96-37-17-22-58(96)70(107)89-55(40-47-25-29-49(99)30-26-47)68(105)92-60(42(4)5)71(108)86-53(20-15-35-84-77(82)83)64(101)88-54(39-46-23-27-48(98)28-24-46)67(104)90-56(76(113)114)38-41(2)3/h23-30,41-45,50-58,60-63,97-99H,10-22,31-40,78-80H2,1-9H3,(H2,81,100)(H,85,106)(H,86,108)(H,87,110)(H,88,101)(H,89,107)(H,90,104)(H,91,102)(H,92,105)(H,93,109)(H,94,103)(H,113,114)(H4,82,83,84)/t44-,45+,50-,51-,52-,53-,54-,55-,56-,57-,58-,60-,61-,62-,63-/m0/s1. The molecule has 0 aliphatic carbocycles. The lowest BCUT2D eigenvalue weighted by atomic mass is 9.95. The van der Waals surface area contributed by atoms with E-state index in [0.717, 1.165) is 0 Å². The minimum atomic E-state index is -1.72. The number of nitrogens with two attached hydrogens (primary N) is 6. The number of aromatic hydroxyl groups is 2. The molecule has 0 saturated carbocycles. The molecule has 26 N–H and O–H groups in total. The van der Waals surface area contributed by atoms with Crippen LogP contribution in [0.4, 0.5) is 0 Å². The maximum absolute atomic E-state index is 15.1. The molecule has 0 aromatic heterocycles. The van der Waals surface area contributed by atoms with Gasteiger partial charge in [-0.2, -0.15) is 0 Å². The molecule has 0 unspecified atom stereocenters. The molecule has 114 heavy (non-hydrogen) atoms. The number of aliphatic hydroxyl groups excluding tert-OH is 1. The lowest BCUT2D eigenvalue weighted by Crippen LogP contribution is -2.63. The topological polar surface area (TPSA) is 615 Å². The molecule has 2 saturated heterocycles. The fourth-order valence-corrected chi connectivity index (χ4v) is 13.3. The zero-order chi connectivity index (χ0) is 85.2. The highest BCUT2D eigenvalue weighted by Gasteiger charge is 2.44. The zero-order valence-corrected chi connectivity index (χ0v) is 67.1. The fourth-order valence-electron chi connectivity index (χ4n) is 13.3. The number of nitrogens with zero attached hydrogens (tertiary/aromatic N) is 3. The lowest BCUT2D eigenvalue weighted by Gasteiger charge is -2.34. The van der Waals surface area contributed by atoms with E-state index in [2.05, 4.69) is 58.2 Å².